The van der Waals surface area contributed by atoms with E-state index in [-0.39, 0.29) is 0 Å². The van der Waals surface area contributed by atoms with Crippen LogP contribution in [0.3, 0.4) is 0 Å². The standard InChI is InChI=1S/C21H29N5/c1-5-11-25(12-6-1)19-10-4-3-9-18(19)16-22-20-15-21(24-17-23-20)26-13-7-2-8-14-26/h3-4,9-10,15,17H,1-2,5-8,11-14,16H2,(H,22,23,24). The summed E-state index contributed by atoms with van der Waals surface area (Å²) in [6, 6.07) is 10.8. The van der Waals surface area contributed by atoms with Gasteiger partial charge in [0.1, 0.15) is 18.0 Å². The fraction of sp³-hybridized carbons (Fsp3) is 0.524. The minimum absolute atomic E-state index is 0.795. The Labute approximate surface area is 156 Å². The lowest BCUT2D eigenvalue weighted by Crippen LogP contribution is -2.30. The molecule has 138 valence electrons. The Bertz CT molecular complexity index is 705. The molecule has 5 heteroatoms. The summed E-state index contributed by atoms with van der Waals surface area (Å²) in [5, 5.41) is 3.52. The molecule has 0 atom stereocenters. The van der Waals surface area contributed by atoms with Crippen LogP contribution >= 0.6 is 0 Å². The van der Waals surface area contributed by atoms with E-state index in [0.29, 0.717) is 0 Å². The van der Waals surface area contributed by atoms with E-state index in [0.717, 1.165) is 31.3 Å². The Balaban J connectivity index is 1.44. The number of anilines is 3. The molecule has 2 saturated heterocycles. The number of rotatable bonds is 5. The highest BCUT2D eigenvalue weighted by molar-refractivity contribution is 5.56. The third-order valence-corrected chi connectivity index (χ3v) is 5.48. The van der Waals surface area contributed by atoms with E-state index < -0.39 is 0 Å². The van der Waals surface area contributed by atoms with E-state index in [1.54, 1.807) is 6.33 Å². The van der Waals surface area contributed by atoms with Crippen molar-refractivity contribution in [3.63, 3.8) is 0 Å². The Morgan fingerprint density at radius 3 is 2.27 bits per heavy atom. The zero-order valence-corrected chi connectivity index (χ0v) is 15.5. The normalized spacial score (nSPS) is 18.0. The molecular weight excluding hydrogens is 322 g/mol. The average Bonchev–Trinajstić information content (AvgIpc) is 2.74. The molecule has 0 aliphatic carbocycles. The molecule has 0 amide bonds. The molecule has 3 heterocycles. The van der Waals surface area contributed by atoms with Gasteiger partial charge in [0.2, 0.25) is 0 Å². The van der Waals surface area contributed by atoms with Crippen LogP contribution in [0.4, 0.5) is 17.3 Å². The van der Waals surface area contributed by atoms with Crippen molar-refractivity contribution in [2.75, 3.05) is 41.3 Å². The predicted octanol–water partition coefficient (Wildman–Crippen LogP) is 4.07. The van der Waals surface area contributed by atoms with Crippen LogP contribution in [0.5, 0.6) is 0 Å². The van der Waals surface area contributed by atoms with Crippen molar-refractivity contribution < 1.29 is 0 Å². The molecule has 2 aliphatic heterocycles. The highest BCUT2D eigenvalue weighted by Gasteiger charge is 2.15. The van der Waals surface area contributed by atoms with Crippen molar-refractivity contribution in [1.82, 2.24) is 9.97 Å². The topological polar surface area (TPSA) is 44.3 Å². The minimum Gasteiger partial charge on any atom is -0.371 e. The Morgan fingerprint density at radius 2 is 1.50 bits per heavy atom. The SMILES string of the molecule is c1ccc(N2CCCCC2)c(CNc2cc(N3CCCCC3)ncn2)c1. The third-order valence-electron chi connectivity index (χ3n) is 5.48. The number of piperidine rings is 2. The molecule has 26 heavy (non-hydrogen) atoms. The van der Waals surface area contributed by atoms with Crippen molar-refractivity contribution in [2.24, 2.45) is 0 Å². The van der Waals surface area contributed by atoms with E-state index in [1.807, 2.05) is 0 Å². The van der Waals surface area contributed by atoms with Crippen LogP contribution in [0.25, 0.3) is 0 Å². The first-order valence-corrected chi connectivity index (χ1v) is 10.0. The fourth-order valence-electron chi connectivity index (χ4n) is 4.03. The second-order valence-corrected chi connectivity index (χ2v) is 7.34. The number of nitrogens with zero attached hydrogens (tertiary/aromatic N) is 4. The second-order valence-electron chi connectivity index (χ2n) is 7.34. The molecule has 0 bridgehead atoms. The molecule has 2 aromatic rings. The lowest BCUT2D eigenvalue weighted by atomic mass is 10.1. The molecule has 5 nitrogen and oxygen atoms in total. The molecule has 0 spiro atoms. The van der Waals surface area contributed by atoms with Gasteiger partial charge in [-0.15, -0.1) is 0 Å². The molecule has 1 aromatic heterocycles. The zero-order chi connectivity index (χ0) is 17.6. The molecule has 1 aromatic carbocycles. The Hall–Kier alpha value is -2.30. The third kappa shape index (κ3) is 4.09. The van der Waals surface area contributed by atoms with Crippen molar-refractivity contribution in [2.45, 2.75) is 45.1 Å². The van der Waals surface area contributed by atoms with Crippen LogP contribution in [-0.2, 0) is 6.54 Å². The van der Waals surface area contributed by atoms with Crippen molar-refractivity contribution in [1.29, 1.82) is 0 Å². The monoisotopic (exact) mass is 351 g/mol. The van der Waals surface area contributed by atoms with Crippen LogP contribution in [-0.4, -0.2) is 36.1 Å². The van der Waals surface area contributed by atoms with Gasteiger partial charge in [-0.1, -0.05) is 18.2 Å². The lowest BCUT2D eigenvalue weighted by molar-refractivity contribution is 0.573. The van der Waals surface area contributed by atoms with Gasteiger partial charge in [0.25, 0.3) is 0 Å². The van der Waals surface area contributed by atoms with E-state index in [4.69, 9.17) is 0 Å². The number of aromatic nitrogens is 2. The summed E-state index contributed by atoms with van der Waals surface area (Å²) in [5.41, 5.74) is 2.71. The summed E-state index contributed by atoms with van der Waals surface area (Å²) in [7, 11) is 0. The number of hydrogen-bond donors (Lipinski definition) is 1. The summed E-state index contributed by atoms with van der Waals surface area (Å²) >= 11 is 0. The second kappa shape index (κ2) is 8.39. The molecular formula is C21H29N5. The number of para-hydroxylation sites is 1. The smallest absolute Gasteiger partial charge is 0.134 e. The largest absolute Gasteiger partial charge is 0.371 e. The minimum atomic E-state index is 0.795. The van der Waals surface area contributed by atoms with Gasteiger partial charge < -0.3 is 15.1 Å². The first-order chi connectivity index (χ1) is 12.9. The van der Waals surface area contributed by atoms with Gasteiger partial charge >= 0.3 is 0 Å². The molecule has 0 saturated carbocycles. The Kier molecular flexibility index (Phi) is 5.53. The number of hydrogen-bond acceptors (Lipinski definition) is 5. The average molecular weight is 351 g/mol. The highest BCUT2D eigenvalue weighted by atomic mass is 15.2. The van der Waals surface area contributed by atoms with E-state index >= 15 is 0 Å². The van der Waals surface area contributed by atoms with Gasteiger partial charge in [-0.3, -0.25) is 0 Å². The molecule has 2 aliphatic rings. The fourth-order valence-corrected chi connectivity index (χ4v) is 4.03. The highest BCUT2D eigenvalue weighted by Crippen LogP contribution is 2.25. The van der Waals surface area contributed by atoms with Gasteiger partial charge in [-0.2, -0.15) is 0 Å². The first kappa shape index (κ1) is 17.1. The molecule has 0 unspecified atom stereocenters. The summed E-state index contributed by atoms with van der Waals surface area (Å²) < 4.78 is 0. The predicted molar refractivity (Wildman–Crippen MR) is 108 cm³/mol. The van der Waals surface area contributed by atoms with Crippen LogP contribution in [0.15, 0.2) is 36.7 Å². The van der Waals surface area contributed by atoms with Crippen molar-refractivity contribution in [3.05, 3.63) is 42.2 Å². The summed E-state index contributed by atoms with van der Waals surface area (Å²) in [6.45, 7) is 5.35. The lowest BCUT2D eigenvalue weighted by Gasteiger charge is -2.30. The van der Waals surface area contributed by atoms with E-state index in [2.05, 4.69) is 55.4 Å². The zero-order valence-electron chi connectivity index (χ0n) is 15.5. The van der Waals surface area contributed by atoms with Crippen LogP contribution in [0.2, 0.25) is 0 Å². The summed E-state index contributed by atoms with van der Waals surface area (Å²) in [4.78, 5) is 13.8. The molecule has 0 radical (unpaired) electrons. The molecule has 1 N–H and O–H groups in total. The van der Waals surface area contributed by atoms with Gasteiger partial charge in [-0.25, -0.2) is 9.97 Å². The molecule has 4 rings (SSSR count). The van der Waals surface area contributed by atoms with Crippen LogP contribution < -0.4 is 15.1 Å². The maximum atomic E-state index is 4.48. The maximum absolute atomic E-state index is 4.48. The number of benzene rings is 1. The molecule has 2 fully saturated rings. The number of nitrogens with one attached hydrogen (secondary N) is 1. The van der Waals surface area contributed by atoms with E-state index in [1.165, 1.54) is 62.9 Å². The van der Waals surface area contributed by atoms with E-state index in [9.17, 15) is 0 Å². The van der Waals surface area contributed by atoms with Crippen molar-refractivity contribution in [3.8, 4) is 0 Å². The first-order valence-electron chi connectivity index (χ1n) is 10.0. The summed E-state index contributed by atoms with van der Waals surface area (Å²) in [5.74, 6) is 1.96. The summed E-state index contributed by atoms with van der Waals surface area (Å²) in [6.07, 6.45) is 9.49. The van der Waals surface area contributed by atoms with Crippen molar-refractivity contribution >= 4 is 17.3 Å². The quantitative estimate of drug-likeness (QED) is 0.880. The Morgan fingerprint density at radius 1 is 0.808 bits per heavy atom. The van der Waals surface area contributed by atoms with Gasteiger partial charge in [0, 0.05) is 44.5 Å². The van der Waals surface area contributed by atoms with Gasteiger partial charge in [0.15, 0.2) is 0 Å². The van der Waals surface area contributed by atoms with Crippen LogP contribution in [0.1, 0.15) is 44.1 Å². The van der Waals surface area contributed by atoms with Crippen LogP contribution in [0, 0.1) is 0 Å². The van der Waals surface area contributed by atoms with Gasteiger partial charge in [0.05, 0.1) is 0 Å². The van der Waals surface area contributed by atoms with Gasteiger partial charge in [-0.05, 0) is 50.2 Å². The maximum Gasteiger partial charge on any atom is 0.134 e.